The molecule has 0 N–H and O–H groups in total. The Hall–Kier alpha value is -2.14. The normalized spacial score (nSPS) is 33.3. The molecule has 1 aromatic heterocycles. The van der Waals surface area contributed by atoms with Crippen molar-refractivity contribution in [3.8, 4) is 5.88 Å². The summed E-state index contributed by atoms with van der Waals surface area (Å²) in [5, 5.41) is 0. The van der Waals surface area contributed by atoms with Crippen LogP contribution < -0.4 is 9.64 Å². The lowest BCUT2D eigenvalue weighted by Gasteiger charge is -2.51. The highest BCUT2D eigenvalue weighted by atomic mass is 16.5. The second kappa shape index (κ2) is 5.99. The van der Waals surface area contributed by atoms with Crippen LogP contribution in [0.2, 0.25) is 0 Å². The number of nitrogens with zero attached hydrogens (tertiary/aromatic N) is 4. The minimum atomic E-state index is 0.537. The van der Waals surface area contributed by atoms with E-state index in [-0.39, 0.29) is 0 Å². The second-order valence-corrected chi connectivity index (χ2v) is 7.44. The standard InChI is InChI=1S/C20H24N4O/c1-25-18-11-17(21-13-22-18)24-12-16(14-5-3-2-4-6-14)20-19(24)15-7-9-23(20)10-8-15/h2-6,11,13,15-16,19-20H,7-10,12H2,1H3/t16-,19-,20-/m1/s1. The van der Waals surface area contributed by atoms with E-state index in [2.05, 4.69) is 50.1 Å². The van der Waals surface area contributed by atoms with E-state index in [1.165, 1.54) is 31.5 Å². The van der Waals surface area contributed by atoms with Crippen LogP contribution in [0.3, 0.4) is 0 Å². The quantitative estimate of drug-likeness (QED) is 0.862. The molecule has 4 fully saturated rings. The SMILES string of the molecule is COc1cc(N2C[C@H](c3ccccc3)[C@@H]3[C@H]2C2CCN3CC2)ncn1. The van der Waals surface area contributed by atoms with Gasteiger partial charge < -0.3 is 9.64 Å². The number of rotatable bonds is 3. The number of methoxy groups -OCH3 is 1. The van der Waals surface area contributed by atoms with Gasteiger partial charge >= 0.3 is 0 Å². The van der Waals surface area contributed by atoms with Gasteiger partial charge in [-0.3, -0.25) is 4.90 Å². The molecule has 0 saturated carbocycles. The molecule has 4 aliphatic rings. The first kappa shape index (κ1) is 15.1. The van der Waals surface area contributed by atoms with Crippen LogP contribution in [0.15, 0.2) is 42.7 Å². The number of benzene rings is 1. The molecule has 5 heteroatoms. The Morgan fingerprint density at radius 1 is 1.04 bits per heavy atom. The molecule has 0 amide bonds. The lowest BCUT2D eigenvalue weighted by Crippen LogP contribution is -2.60. The fourth-order valence-corrected chi connectivity index (χ4v) is 5.27. The number of hydrogen-bond acceptors (Lipinski definition) is 5. The van der Waals surface area contributed by atoms with Crippen molar-refractivity contribution < 1.29 is 4.74 Å². The summed E-state index contributed by atoms with van der Waals surface area (Å²) in [6.07, 6.45) is 4.24. The van der Waals surface area contributed by atoms with Crippen LogP contribution in [0, 0.1) is 5.92 Å². The van der Waals surface area contributed by atoms with E-state index in [9.17, 15) is 0 Å². The van der Waals surface area contributed by atoms with Crippen LogP contribution in [0.4, 0.5) is 5.82 Å². The first-order valence-electron chi connectivity index (χ1n) is 9.27. The van der Waals surface area contributed by atoms with Gasteiger partial charge in [0.1, 0.15) is 12.1 Å². The molecule has 5 nitrogen and oxygen atoms in total. The van der Waals surface area contributed by atoms with E-state index >= 15 is 0 Å². The predicted octanol–water partition coefficient (Wildman–Crippen LogP) is 2.55. The molecule has 1 aromatic carbocycles. The van der Waals surface area contributed by atoms with Crippen molar-refractivity contribution in [1.29, 1.82) is 0 Å². The maximum atomic E-state index is 5.34. The van der Waals surface area contributed by atoms with Gasteiger partial charge in [0.05, 0.1) is 7.11 Å². The summed E-state index contributed by atoms with van der Waals surface area (Å²) in [5.74, 6) is 2.96. The molecule has 2 aromatic rings. The van der Waals surface area contributed by atoms with Crippen molar-refractivity contribution in [2.24, 2.45) is 5.92 Å². The molecule has 5 heterocycles. The van der Waals surface area contributed by atoms with Crippen molar-refractivity contribution in [2.45, 2.75) is 30.8 Å². The minimum absolute atomic E-state index is 0.537. The first-order valence-corrected chi connectivity index (χ1v) is 9.27. The van der Waals surface area contributed by atoms with Crippen molar-refractivity contribution in [3.63, 3.8) is 0 Å². The number of hydrogen-bond donors (Lipinski definition) is 0. The smallest absolute Gasteiger partial charge is 0.218 e. The molecule has 3 atom stereocenters. The summed E-state index contributed by atoms with van der Waals surface area (Å²) in [5.41, 5.74) is 1.45. The molecule has 4 saturated heterocycles. The highest BCUT2D eigenvalue weighted by Gasteiger charge is 2.53. The number of fused-ring (bicyclic) bond motifs is 2. The van der Waals surface area contributed by atoms with Gasteiger partial charge in [-0.2, -0.15) is 0 Å². The fourth-order valence-electron chi connectivity index (χ4n) is 5.27. The zero-order chi connectivity index (χ0) is 16.8. The van der Waals surface area contributed by atoms with Gasteiger partial charge in [-0.05, 0) is 37.4 Å². The molecule has 25 heavy (non-hydrogen) atoms. The molecular formula is C20H24N4O. The number of ether oxygens (including phenoxy) is 1. The Balaban J connectivity index is 1.56. The number of piperidine rings is 3. The Kier molecular flexibility index (Phi) is 3.63. The van der Waals surface area contributed by atoms with Gasteiger partial charge in [-0.25, -0.2) is 9.97 Å². The van der Waals surface area contributed by atoms with Gasteiger partial charge in [0.25, 0.3) is 0 Å². The Morgan fingerprint density at radius 2 is 1.84 bits per heavy atom. The molecule has 0 aliphatic carbocycles. The molecular weight excluding hydrogens is 312 g/mol. The summed E-state index contributed by atoms with van der Waals surface area (Å²) >= 11 is 0. The van der Waals surface area contributed by atoms with E-state index in [1.807, 2.05) is 6.07 Å². The van der Waals surface area contributed by atoms with Crippen LogP contribution in [0.1, 0.15) is 24.3 Å². The van der Waals surface area contributed by atoms with Gasteiger partial charge in [-0.15, -0.1) is 0 Å². The lowest BCUT2D eigenvalue weighted by molar-refractivity contribution is 0.0354. The topological polar surface area (TPSA) is 41.5 Å². The molecule has 4 aliphatic heterocycles. The molecule has 0 radical (unpaired) electrons. The zero-order valence-corrected chi connectivity index (χ0v) is 14.6. The van der Waals surface area contributed by atoms with Crippen molar-refractivity contribution >= 4 is 5.82 Å². The summed E-state index contributed by atoms with van der Waals surface area (Å²) < 4.78 is 5.34. The maximum absolute atomic E-state index is 5.34. The van der Waals surface area contributed by atoms with Crippen LogP contribution in [-0.4, -0.2) is 53.7 Å². The third-order valence-electron chi connectivity index (χ3n) is 6.35. The third-order valence-corrected chi connectivity index (χ3v) is 6.35. The number of anilines is 1. The third kappa shape index (κ3) is 2.41. The van der Waals surface area contributed by atoms with Crippen LogP contribution in [0.5, 0.6) is 5.88 Å². The highest BCUT2D eigenvalue weighted by Crippen LogP contribution is 2.47. The van der Waals surface area contributed by atoms with E-state index < -0.39 is 0 Å². The summed E-state index contributed by atoms with van der Waals surface area (Å²) in [6, 6.07) is 14.1. The molecule has 6 rings (SSSR count). The monoisotopic (exact) mass is 336 g/mol. The van der Waals surface area contributed by atoms with Crippen LogP contribution >= 0.6 is 0 Å². The second-order valence-electron chi connectivity index (χ2n) is 7.44. The van der Waals surface area contributed by atoms with E-state index in [0.717, 1.165) is 18.3 Å². The average molecular weight is 336 g/mol. The molecule has 0 unspecified atom stereocenters. The highest BCUT2D eigenvalue weighted by molar-refractivity contribution is 5.48. The Morgan fingerprint density at radius 3 is 2.60 bits per heavy atom. The van der Waals surface area contributed by atoms with Gasteiger partial charge in [-0.1, -0.05) is 30.3 Å². The Labute approximate surface area is 148 Å². The van der Waals surface area contributed by atoms with Gasteiger partial charge in [0.2, 0.25) is 5.88 Å². The van der Waals surface area contributed by atoms with Crippen molar-refractivity contribution in [3.05, 3.63) is 48.3 Å². The average Bonchev–Trinajstić information content (AvgIpc) is 3.12. The fraction of sp³-hybridized carbons (Fsp3) is 0.500. The zero-order valence-electron chi connectivity index (χ0n) is 14.6. The predicted molar refractivity (Wildman–Crippen MR) is 97.0 cm³/mol. The molecule has 0 spiro atoms. The largest absolute Gasteiger partial charge is 0.481 e. The molecule has 130 valence electrons. The first-order chi connectivity index (χ1) is 12.3. The summed E-state index contributed by atoms with van der Waals surface area (Å²) in [4.78, 5) is 14.0. The van der Waals surface area contributed by atoms with E-state index in [1.54, 1.807) is 13.4 Å². The maximum Gasteiger partial charge on any atom is 0.218 e. The number of aromatic nitrogens is 2. The van der Waals surface area contributed by atoms with Crippen molar-refractivity contribution in [1.82, 2.24) is 14.9 Å². The van der Waals surface area contributed by atoms with Crippen LogP contribution in [0.25, 0.3) is 0 Å². The summed E-state index contributed by atoms with van der Waals surface area (Å²) in [6.45, 7) is 3.51. The van der Waals surface area contributed by atoms with Crippen molar-refractivity contribution in [2.75, 3.05) is 31.6 Å². The Bertz CT molecular complexity index is 744. The lowest BCUT2D eigenvalue weighted by atomic mass is 9.75. The summed E-state index contributed by atoms with van der Waals surface area (Å²) in [7, 11) is 1.67. The minimum Gasteiger partial charge on any atom is -0.481 e. The van der Waals surface area contributed by atoms with Gasteiger partial charge in [0, 0.05) is 30.6 Å². The molecule has 2 bridgehead atoms. The van der Waals surface area contributed by atoms with Gasteiger partial charge in [0.15, 0.2) is 0 Å². The van der Waals surface area contributed by atoms with E-state index in [4.69, 9.17) is 4.74 Å². The van der Waals surface area contributed by atoms with Crippen LogP contribution in [-0.2, 0) is 0 Å². The van der Waals surface area contributed by atoms with E-state index in [0.29, 0.717) is 23.9 Å².